The summed E-state index contributed by atoms with van der Waals surface area (Å²) in [5.41, 5.74) is 0.702. The Morgan fingerprint density at radius 2 is 2.00 bits per heavy atom. The van der Waals surface area contributed by atoms with Crippen molar-refractivity contribution in [3.63, 3.8) is 0 Å². The van der Waals surface area contributed by atoms with Gasteiger partial charge in [0, 0.05) is 17.4 Å². The van der Waals surface area contributed by atoms with Gasteiger partial charge in [-0.15, -0.1) is 0 Å². The normalized spacial score (nSPS) is 15.7. The van der Waals surface area contributed by atoms with E-state index in [0.717, 1.165) is 23.5 Å². The lowest BCUT2D eigenvalue weighted by atomic mass is 9.85. The number of ether oxygens (including phenoxy) is 2. The molecule has 2 rings (SSSR count). The molecule has 3 nitrogen and oxygen atoms in total. The topological polar surface area (TPSA) is 38.7 Å². The summed E-state index contributed by atoms with van der Waals surface area (Å²) >= 11 is 0. The lowest BCUT2D eigenvalue weighted by molar-refractivity contribution is 0.212. The van der Waals surface area contributed by atoms with Gasteiger partial charge in [-0.2, -0.15) is 0 Å². The molecule has 1 aliphatic rings. The van der Waals surface area contributed by atoms with Crippen LogP contribution in [0.4, 0.5) is 0 Å². The van der Waals surface area contributed by atoms with Crippen LogP contribution in [0, 0.1) is 0 Å². The number of benzene rings is 1. The summed E-state index contributed by atoms with van der Waals surface area (Å²) < 4.78 is 11.4. The molecule has 1 aromatic rings. The summed E-state index contributed by atoms with van der Waals surface area (Å²) in [6, 6.07) is 5.85. The minimum absolute atomic E-state index is 0.0901. The number of hydrogen-bond donors (Lipinski definition) is 1. The maximum atomic E-state index is 9.42. The summed E-state index contributed by atoms with van der Waals surface area (Å²) in [5, 5.41) is 9.42. The fourth-order valence-corrected chi connectivity index (χ4v) is 1.81. The van der Waals surface area contributed by atoms with E-state index in [-0.39, 0.29) is 12.0 Å². The van der Waals surface area contributed by atoms with Crippen molar-refractivity contribution in [3.8, 4) is 11.5 Å². The summed E-state index contributed by atoms with van der Waals surface area (Å²) in [6.07, 6.45) is 0.897. The second-order valence-corrected chi connectivity index (χ2v) is 4.73. The molecule has 0 unspecified atom stereocenters. The van der Waals surface area contributed by atoms with Crippen molar-refractivity contribution in [1.82, 2.24) is 0 Å². The van der Waals surface area contributed by atoms with Crippen LogP contribution in [0.3, 0.4) is 0 Å². The van der Waals surface area contributed by atoms with E-state index in [1.807, 2.05) is 32.0 Å². The van der Waals surface area contributed by atoms with Crippen molar-refractivity contribution in [2.75, 3.05) is 19.8 Å². The molecule has 0 bridgehead atoms. The first-order chi connectivity index (χ1) is 7.65. The van der Waals surface area contributed by atoms with Gasteiger partial charge in [0.2, 0.25) is 0 Å². The third-order valence-electron chi connectivity index (χ3n) is 2.90. The molecule has 0 aromatic heterocycles. The van der Waals surface area contributed by atoms with E-state index < -0.39 is 0 Å². The van der Waals surface area contributed by atoms with Gasteiger partial charge in [-0.1, -0.05) is 26.0 Å². The van der Waals surface area contributed by atoms with Gasteiger partial charge in [-0.25, -0.2) is 0 Å². The molecule has 3 heteroatoms. The fourth-order valence-electron chi connectivity index (χ4n) is 1.81. The van der Waals surface area contributed by atoms with Crippen LogP contribution in [0.1, 0.15) is 25.8 Å². The Kier molecular flexibility index (Phi) is 3.06. The van der Waals surface area contributed by atoms with Gasteiger partial charge in [-0.3, -0.25) is 0 Å². The highest BCUT2D eigenvalue weighted by molar-refractivity contribution is 5.50. The third kappa shape index (κ3) is 2.00. The quantitative estimate of drug-likeness (QED) is 0.833. The number of aliphatic hydroxyl groups is 1. The molecule has 0 atom stereocenters. The minimum Gasteiger partial charge on any atom is -0.490 e. The van der Waals surface area contributed by atoms with Gasteiger partial charge >= 0.3 is 0 Å². The van der Waals surface area contributed by atoms with Gasteiger partial charge < -0.3 is 14.6 Å². The highest BCUT2D eigenvalue weighted by Gasteiger charge is 2.26. The second-order valence-electron chi connectivity index (χ2n) is 4.73. The first-order valence-electron chi connectivity index (χ1n) is 5.65. The van der Waals surface area contributed by atoms with Crippen molar-refractivity contribution >= 4 is 0 Å². The van der Waals surface area contributed by atoms with E-state index >= 15 is 0 Å². The van der Waals surface area contributed by atoms with Crippen LogP contribution >= 0.6 is 0 Å². The summed E-state index contributed by atoms with van der Waals surface area (Å²) in [7, 11) is 0. The molecular weight excluding hydrogens is 204 g/mol. The Bertz CT molecular complexity index is 371. The third-order valence-corrected chi connectivity index (χ3v) is 2.90. The van der Waals surface area contributed by atoms with Crippen LogP contribution in [0.5, 0.6) is 11.5 Å². The predicted molar refractivity (Wildman–Crippen MR) is 62.2 cm³/mol. The van der Waals surface area contributed by atoms with Gasteiger partial charge in [0.25, 0.3) is 0 Å². The average Bonchev–Trinajstić information content (AvgIpc) is 2.53. The van der Waals surface area contributed by atoms with Crippen LogP contribution in [0.2, 0.25) is 0 Å². The molecule has 1 heterocycles. The molecule has 88 valence electrons. The van der Waals surface area contributed by atoms with E-state index in [1.54, 1.807) is 0 Å². The maximum Gasteiger partial charge on any atom is 0.164 e. The molecule has 1 N–H and O–H groups in total. The van der Waals surface area contributed by atoms with Gasteiger partial charge in [-0.05, 0) is 6.07 Å². The average molecular weight is 222 g/mol. The molecule has 1 aromatic carbocycles. The first kappa shape index (κ1) is 11.3. The van der Waals surface area contributed by atoms with Crippen molar-refractivity contribution < 1.29 is 14.6 Å². The Morgan fingerprint density at radius 3 is 2.75 bits per heavy atom. The molecule has 0 fully saturated rings. The van der Waals surface area contributed by atoms with Gasteiger partial charge in [0.05, 0.1) is 19.8 Å². The summed E-state index contributed by atoms with van der Waals surface area (Å²) in [4.78, 5) is 0. The Morgan fingerprint density at radius 1 is 1.25 bits per heavy atom. The van der Waals surface area contributed by atoms with Crippen LogP contribution in [-0.4, -0.2) is 24.9 Å². The molecule has 0 aliphatic carbocycles. The molecule has 16 heavy (non-hydrogen) atoms. The highest BCUT2D eigenvalue weighted by atomic mass is 16.5. The highest BCUT2D eigenvalue weighted by Crippen LogP contribution is 2.39. The Hall–Kier alpha value is -1.22. The van der Waals surface area contributed by atoms with Crippen molar-refractivity contribution in [2.45, 2.75) is 25.7 Å². The molecule has 0 saturated carbocycles. The van der Waals surface area contributed by atoms with Gasteiger partial charge in [0.1, 0.15) is 0 Å². The maximum absolute atomic E-state index is 9.42. The minimum atomic E-state index is -0.307. The second kappa shape index (κ2) is 4.34. The van der Waals surface area contributed by atoms with E-state index in [2.05, 4.69) is 0 Å². The SMILES string of the molecule is CC(C)(CO)c1cccc2c1OCCCO2. The lowest BCUT2D eigenvalue weighted by Gasteiger charge is -2.25. The number of fused-ring (bicyclic) bond motifs is 1. The fraction of sp³-hybridized carbons (Fsp3) is 0.538. The zero-order valence-electron chi connectivity index (χ0n) is 9.82. The van der Waals surface area contributed by atoms with Crippen molar-refractivity contribution in [3.05, 3.63) is 23.8 Å². The molecular formula is C13H18O3. The Balaban J connectivity index is 2.46. The van der Waals surface area contributed by atoms with Crippen molar-refractivity contribution in [1.29, 1.82) is 0 Å². The van der Waals surface area contributed by atoms with Crippen LogP contribution < -0.4 is 9.47 Å². The van der Waals surface area contributed by atoms with E-state index in [9.17, 15) is 5.11 Å². The summed E-state index contributed by atoms with van der Waals surface area (Å²) in [5.74, 6) is 1.58. The smallest absolute Gasteiger partial charge is 0.164 e. The number of hydrogen-bond acceptors (Lipinski definition) is 3. The molecule has 0 saturated heterocycles. The van der Waals surface area contributed by atoms with E-state index in [4.69, 9.17) is 9.47 Å². The number of para-hydroxylation sites is 1. The summed E-state index contributed by atoms with van der Waals surface area (Å²) in [6.45, 7) is 5.45. The largest absolute Gasteiger partial charge is 0.490 e. The Labute approximate surface area is 96.0 Å². The lowest BCUT2D eigenvalue weighted by Crippen LogP contribution is -2.23. The first-order valence-corrected chi connectivity index (χ1v) is 5.65. The molecule has 0 amide bonds. The van der Waals surface area contributed by atoms with Crippen LogP contribution in [0.15, 0.2) is 18.2 Å². The molecule has 0 radical (unpaired) electrons. The van der Waals surface area contributed by atoms with E-state index in [1.165, 1.54) is 0 Å². The van der Waals surface area contributed by atoms with Crippen LogP contribution in [-0.2, 0) is 5.41 Å². The van der Waals surface area contributed by atoms with E-state index in [0.29, 0.717) is 13.2 Å². The van der Waals surface area contributed by atoms with Crippen molar-refractivity contribution in [2.24, 2.45) is 0 Å². The zero-order valence-corrected chi connectivity index (χ0v) is 9.82. The van der Waals surface area contributed by atoms with Crippen LogP contribution in [0.25, 0.3) is 0 Å². The number of aliphatic hydroxyl groups excluding tert-OH is 1. The molecule has 0 spiro atoms. The van der Waals surface area contributed by atoms with Gasteiger partial charge in [0.15, 0.2) is 11.5 Å². The monoisotopic (exact) mass is 222 g/mol. The zero-order chi connectivity index (χ0) is 11.6. The molecule has 1 aliphatic heterocycles. The standard InChI is InChI=1S/C13H18O3/c1-13(2,9-14)10-5-3-6-11-12(10)16-8-4-7-15-11/h3,5-6,14H,4,7-9H2,1-2H3. The predicted octanol–water partition coefficient (Wildman–Crippen LogP) is 2.12. The number of rotatable bonds is 2.